The Labute approximate surface area is 188 Å². The zero-order valence-corrected chi connectivity index (χ0v) is 18.8. The van der Waals surface area contributed by atoms with Gasteiger partial charge in [0.15, 0.2) is 23.2 Å². The number of carbonyl (C=O) groups excluding carboxylic acids is 2. The molecule has 1 aromatic heterocycles. The number of hydrogen-bond donors (Lipinski definition) is 1. The minimum atomic E-state index is -0.690. The van der Waals surface area contributed by atoms with E-state index in [4.69, 9.17) is 23.7 Å². The second kappa shape index (κ2) is 10.5. The highest BCUT2D eigenvalue weighted by molar-refractivity contribution is 7.14. The van der Waals surface area contributed by atoms with Crippen LogP contribution in [-0.4, -0.2) is 51.9 Å². The van der Waals surface area contributed by atoms with E-state index in [0.29, 0.717) is 28.1 Å². The van der Waals surface area contributed by atoms with Crippen molar-refractivity contribution in [3.63, 3.8) is 0 Å². The van der Waals surface area contributed by atoms with Crippen molar-refractivity contribution in [2.75, 3.05) is 40.4 Å². The standard InChI is InChI=1S/C22H22N2O7S/c1-27-14-6-7-15(18(10-14)29-3)21(26)31-11-20(25)24-22-23-16(12-32-22)13-5-8-17(28-2)19(9-13)30-4/h5-10,12H,11H2,1-4H3,(H,23,24,25). The Morgan fingerprint density at radius 1 is 0.906 bits per heavy atom. The summed E-state index contributed by atoms with van der Waals surface area (Å²) in [4.78, 5) is 28.9. The topological polar surface area (TPSA) is 105 Å². The molecule has 0 saturated carbocycles. The molecule has 0 saturated heterocycles. The van der Waals surface area contributed by atoms with Gasteiger partial charge in [-0.15, -0.1) is 11.3 Å². The van der Waals surface area contributed by atoms with Crippen LogP contribution in [0.25, 0.3) is 11.3 Å². The first-order valence-corrected chi connectivity index (χ1v) is 10.2. The summed E-state index contributed by atoms with van der Waals surface area (Å²) in [5.74, 6) is 0.794. The van der Waals surface area contributed by atoms with Gasteiger partial charge in [0.05, 0.1) is 34.1 Å². The molecule has 0 aliphatic carbocycles. The second-order valence-electron chi connectivity index (χ2n) is 6.30. The van der Waals surface area contributed by atoms with E-state index in [1.165, 1.54) is 31.6 Å². The number of nitrogens with zero attached hydrogens (tertiary/aromatic N) is 1. The molecular formula is C22H22N2O7S. The highest BCUT2D eigenvalue weighted by atomic mass is 32.1. The van der Waals surface area contributed by atoms with Gasteiger partial charge >= 0.3 is 5.97 Å². The van der Waals surface area contributed by atoms with E-state index in [9.17, 15) is 9.59 Å². The Balaban J connectivity index is 1.61. The van der Waals surface area contributed by atoms with Crippen LogP contribution in [0.1, 0.15) is 10.4 Å². The largest absolute Gasteiger partial charge is 0.497 e. The molecule has 1 amide bonds. The van der Waals surface area contributed by atoms with Crippen LogP contribution in [0.3, 0.4) is 0 Å². The Kier molecular flexibility index (Phi) is 7.50. The maximum atomic E-state index is 12.3. The van der Waals surface area contributed by atoms with Crippen LogP contribution in [0.2, 0.25) is 0 Å². The van der Waals surface area contributed by atoms with Crippen LogP contribution in [-0.2, 0) is 9.53 Å². The maximum absolute atomic E-state index is 12.3. The van der Waals surface area contributed by atoms with Crippen LogP contribution < -0.4 is 24.3 Å². The van der Waals surface area contributed by atoms with Crippen LogP contribution in [0, 0.1) is 0 Å². The smallest absolute Gasteiger partial charge is 0.342 e. The van der Waals surface area contributed by atoms with E-state index in [0.717, 1.165) is 5.56 Å². The molecule has 0 aliphatic rings. The zero-order chi connectivity index (χ0) is 23.1. The number of nitrogens with one attached hydrogen (secondary N) is 1. The molecule has 168 valence electrons. The summed E-state index contributed by atoms with van der Waals surface area (Å²) in [5.41, 5.74) is 1.65. The van der Waals surface area contributed by atoms with Gasteiger partial charge in [-0.05, 0) is 30.3 Å². The average Bonchev–Trinajstić information content (AvgIpc) is 3.29. The van der Waals surface area contributed by atoms with Gasteiger partial charge < -0.3 is 23.7 Å². The Bertz CT molecular complexity index is 1110. The van der Waals surface area contributed by atoms with Gasteiger partial charge in [0.2, 0.25) is 0 Å². The lowest BCUT2D eigenvalue weighted by Crippen LogP contribution is -2.21. The lowest BCUT2D eigenvalue weighted by Gasteiger charge is -2.10. The summed E-state index contributed by atoms with van der Waals surface area (Å²) in [6.07, 6.45) is 0. The molecule has 0 spiro atoms. The lowest BCUT2D eigenvalue weighted by molar-refractivity contribution is -0.119. The predicted molar refractivity (Wildman–Crippen MR) is 119 cm³/mol. The third-order valence-corrected chi connectivity index (χ3v) is 5.15. The lowest BCUT2D eigenvalue weighted by atomic mass is 10.1. The molecule has 1 N–H and O–H groups in total. The van der Waals surface area contributed by atoms with E-state index in [2.05, 4.69) is 10.3 Å². The van der Waals surface area contributed by atoms with Crippen LogP contribution >= 0.6 is 11.3 Å². The Morgan fingerprint density at radius 3 is 2.34 bits per heavy atom. The van der Waals surface area contributed by atoms with Gasteiger partial charge in [-0.25, -0.2) is 9.78 Å². The molecule has 3 aromatic rings. The van der Waals surface area contributed by atoms with Gasteiger partial charge in [-0.3, -0.25) is 10.1 Å². The number of esters is 1. The Morgan fingerprint density at radius 2 is 1.66 bits per heavy atom. The van der Waals surface area contributed by atoms with Crippen molar-refractivity contribution in [2.45, 2.75) is 0 Å². The summed E-state index contributed by atoms with van der Waals surface area (Å²) >= 11 is 1.25. The summed E-state index contributed by atoms with van der Waals surface area (Å²) < 4.78 is 25.9. The highest BCUT2D eigenvalue weighted by Gasteiger charge is 2.17. The number of amides is 1. The molecule has 0 aliphatic heterocycles. The third-order valence-electron chi connectivity index (χ3n) is 4.39. The van der Waals surface area contributed by atoms with Gasteiger partial charge in [-0.1, -0.05) is 0 Å². The van der Waals surface area contributed by atoms with Gasteiger partial charge in [0.1, 0.15) is 17.1 Å². The molecule has 1 heterocycles. The van der Waals surface area contributed by atoms with Crippen molar-refractivity contribution < 1.29 is 33.3 Å². The van der Waals surface area contributed by atoms with Gasteiger partial charge in [0, 0.05) is 17.0 Å². The molecule has 9 nitrogen and oxygen atoms in total. The molecular weight excluding hydrogens is 436 g/mol. The SMILES string of the molecule is COc1ccc(C(=O)OCC(=O)Nc2nc(-c3ccc(OC)c(OC)c3)cs2)c(OC)c1. The van der Waals surface area contributed by atoms with Crippen LogP contribution in [0.5, 0.6) is 23.0 Å². The molecule has 0 unspecified atom stereocenters. The maximum Gasteiger partial charge on any atom is 0.342 e. The van der Waals surface area contributed by atoms with Gasteiger partial charge in [-0.2, -0.15) is 0 Å². The average molecular weight is 458 g/mol. The predicted octanol–water partition coefficient (Wildman–Crippen LogP) is 3.64. The number of thiazole rings is 1. The normalized spacial score (nSPS) is 10.2. The zero-order valence-electron chi connectivity index (χ0n) is 18.0. The van der Waals surface area contributed by atoms with E-state index in [-0.39, 0.29) is 11.3 Å². The van der Waals surface area contributed by atoms with Crippen molar-refractivity contribution in [3.05, 3.63) is 47.3 Å². The number of ether oxygens (including phenoxy) is 5. The second-order valence-corrected chi connectivity index (χ2v) is 7.16. The first kappa shape index (κ1) is 22.9. The number of anilines is 1. The molecule has 32 heavy (non-hydrogen) atoms. The van der Waals surface area contributed by atoms with Crippen molar-refractivity contribution in [3.8, 4) is 34.3 Å². The summed E-state index contributed by atoms with van der Waals surface area (Å²) in [5, 5.41) is 4.79. The van der Waals surface area contributed by atoms with Crippen molar-refractivity contribution in [1.82, 2.24) is 4.98 Å². The van der Waals surface area contributed by atoms with Crippen molar-refractivity contribution >= 4 is 28.3 Å². The first-order chi connectivity index (χ1) is 15.5. The van der Waals surface area contributed by atoms with E-state index in [1.54, 1.807) is 43.9 Å². The van der Waals surface area contributed by atoms with Crippen LogP contribution in [0.4, 0.5) is 5.13 Å². The van der Waals surface area contributed by atoms with E-state index < -0.39 is 18.5 Å². The molecule has 2 aromatic carbocycles. The minimum Gasteiger partial charge on any atom is -0.497 e. The van der Waals surface area contributed by atoms with E-state index in [1.807, 2.05) is 6.07 Å². The summed E-state index contributed by atoms with van der Waals surface area (Å²) in [7, 11) is 6.05. The number of carbonyl (C=O) groups is 2. The van der Waals surface area contributed by atoms with Crippen molar-refractivity contribution in [2.24, 2.45) is 0 Å². The number of aromatic nitrogens is 1. The molecule has 0 fully saturated rings. The minimum absolute atomic E-state index is 0.186. The van der Waals surface area contributed by atoms with Crippen molar-refractivity contribution in [1.29, 1.82) is 0 Å². The fourth-order valence-corrected chi connectivity index (χ4v) is 3.53. The van der Waals surface area contributed by atoms with Gasteiger partial charge in [0.25, 0.3) is 5.91 Å². The number of hydrogen-bond acceptors (Lipinski definition) is 9. The monoisotopic (exact) mass is 458 g/mol. The summed E-state index contributed by atoms with van der Waals surface area (Å²) in [6.45, 7) is -0.473. The molecule has 0 bridgehead atoms. The third kappa shape index (κ3) is 5.27. The van der Waals surface area contributed by atoms with Crippen LogP contribution in [0.15, 0.2) is 41.8 Å². The quantitative estimate of drug-likeness (QED) is 0.485. The molecule has 3 rings (SSSR count). The molecule has 10 heteroatoms. The molecule has 0 radical (unpaired) electrons. The highest BCUT2D eigenvalue weighted by Crippen LogP contribution is 2.33. The van der Waals surface area contributed by atoms with E-state index >= 15 is 0 Å². The fraction of sp³-hybridized carbons (Fsp3) is 0.227. The molecule has 0 atom stereocenters. The number of methoxy groups -OCH3 is 4. The fourth-order valence-electron chi connectivity index (χ4n) is 2.79. The Hall–Kier alpha value is -3.79. The first-order valence-electron chi connectivity index (χ1n) is 9.36. The summed E-state index contributed by atoms with van der Waals surface area (Å²) in [6, 6.07) is 10.1. The number of rotatable bonds is 9. The number of benzene rings is 2.